The number of halogens is 2. The first kappa shape index (κ1) is 15.8. The topological polar surface area (TPSA) is 68.0 Å². The summed E-state index contributed by atoms with van der Waals surface area (Å²) in [6.45, 7) is 1.91. The van der Waals surface area contributed by atoms with Gasteiger partial charge in [-0.2, -0.15) is 4.98 Å². The summed E-state index contributed by atoms with van der Waals surface area (Å²) in [5.41, 5.74) is 1.64. The van der Waals surface area contributed by atoms with Crippen LogP contribution in [0.1, 0.15) is 21.8 Å². The largest absolute Gasteiger partial charge is 0.343 e. The molecule has 2 aromatic carbocycles. The highest BCUT2D eigenvalue weighted by Crippen LogP contribution is 2.16. The van der Waals surface area contributed by atoms with Crippen LogP contribution in [0.25, 0.3) is 11.4 Å². The Kier molecular flexibility index (Phi) is 4.33. The van der Waals surface area contributed by atoms with Gasteiger partial charge in [0.15, 0.2) is 0 Å². The van der Waals surface area contributed by atoms with Crippen LogP contribution in [0.5, 0.6) is 0 Å². The lowest BCUT2D eigenvalue weighted by atomic mass is 10.1. The van der Waals surface area contributed by atoms with Crippen molar-refractivity contribution >= 4 is 5.91 Å². The molecule has 0 bridgehead atoms. The average Bonchev–Trinajstić information content (AvgIpc) is 3.02. The van der Waals surface area contributed by atoms with Crippen molar-refractivity contribution in [2.45, 2.75) is 13.5 Å². The number of aromatic nitrogens is 2. The van der Waals surface area contributed by atoms with E-state index >= 15 is 0 Å². The summed E-state index contributed by atoms with van der Waals surface area (Å²) in [5, 5.41) is 6.29. The molecule has 0 aliphatic rings. The molecule has 0 aliphatic carbocycles. The van der Waals surface area contributed by atoms with Crippen molar-refractivity contribution in [3.63, 3.8) is 0 Å². The molecule has 0 spiro atoms. The van der Waals surface area contributed by atoms with Gasteiger partial charge in [-0.3, -0.25) is 4.79 Å². The molecule has 0 aliphatic heterocycles. The zero-order valence-corrected chi connectivity index (χ0v) is 12.7. The van der Waals surface area contributed by atoms with Crippen LogP contribution in [-0.4, -0.2) is 16.0 Å². The Hall–Kier alpha value is -3.09. The first-order valence-electron chi connectivity index (χ1n) is 7.16. The maximum atomic E-state index is 13.5. The lowest BCUT2D eigenvalue weighted by molar-refractivity contribution is 0.0942. The number of rotatable bonds is 4. The van der Waals surface area contributed by atoms with Crippen molar-refractivity contribution in [3.8, 4) is 11.4 Å². The fourth-order valence-electron chi connectivity index (χ4n) is 2.07. The first-order valence-corrected chi connectivity index (χ1v) is 7.16. The molecule has 0 atom stereocenters. The minimum atomic E-state index is -0.932. The van der Waals surface area contributed by atoms with Crippen LogP contribution in [0.4, 0.5) is 8.78 Å². The van der Waals surface area contributed by atoms with E-state index in [2.05, 4.69) is 15.5 Å². The Bertz CT molecular complexity index is 876. The number of aryl methyl sites for hydroxylation is 1. The van der Waals surface area contributed by atoms with Crippen molar-refractivity contribution in [2.75, 3.05) is 0 Å². The standard InChI is InChI=1S/C17H13F2N3O2/c1-10-2-4-11(5-3-10)16-21-15(24-22-16)9-20-17(23)13-7-6-12(18)8-14(13)19/h2-8H,9H2,1H3,(H,20,23). The monoisotopic (exact) mass is 329 g/mol. The van der Waals surface area contributed by atoms with Gasteiger partial charge in [0.05, 0.1) is 12.1 Å². The van der Waals surface area contributed by atoms with Crippen LogP contribution in [0, 0.1) is 18.6 Å². The molecule has 122 valence electrons. The molecule has 3 aromatic rings. The van der Waals surface area contributed by atoms with Crippen molar-refractivity contribution in [2.24, 2.45) is 0 Å². The molecule has 0 saturated heterocycles. The van der Waals surface area contributed by atoms with E-state index < -0.39 is 17.5 Å². The summed E-state index contributed by atoms with van der Waals surface area (Å²) in [6.07, 6.45) is 0. The van der Waals surface area contributed by atoms with Crippen molar-refractivity contribution in [1.29, 1.82) is 0 Å². The van der Waals surface area contributed by atoms with E-state index in [0.29, 0.717) is 11.9 Å². The van der Waals surface area contributed by atoms with Crippen LogP contribution in [0.15, 0.2) is 47.0 Å². The summed E-state index contributed by atoms with van der Waals surface area (Å²) in [6, 6.07) is 10.3. The van der Waals surface area contributed by atoms with Crippen LogP contribution >= 0.6 is 0 Å². The molecule has 3 rings (SSSR count). The molecule has 5 nitrogen and oxygen atoms in total. The van der Waals surface area contributed by atoms with Gasteiger partial charge in [-0.25, -0.2) is 8.78 Å². The summed E-state index contributed by atoms with van der Waals surface area (Å²) in [4.78, 5) is 16.1. The molecule has 7 heteroatoms. The maximum Gasteiger partial charge on any atom is 0.254 e. The van der Waals surface area contributed by atoms with Crippen molar-refractivity contribution < 1.29 is 18.1 Å². The second-order valence-corrected chi connectivity index (χ2v) is 5.18. The predicted molar refractivity (Wildman–Crippen MR) is 82.0 cm³/mol. The quantitative estimate of drug-likeness (QED) is 0.798. The van der Waals surface area contributed by atoms with Gasteiger partial charge < -0.3 is 9.84 Å². The van der Waals surface area contributed by atoms with E-state index in [0.717, 1.165) is 23.3 Å². The Labute approximate surface area is 136 Å². The summed E-state index contributed by atoms with van der Waals surface area (Å²) < 4.78 is 31.4. The third-order valence-electron chi connectivity index (χ3n) is 3.35. The number of benzene rings is 2. The van der Waals surface area contributed by atoms with E-state index in [4.69, 9.17) is 4.52 Å². The van der Waals surface area contributed by atoms with Gasteiger partial charge in [-0.15, -0.1) is 0 Å². The number of nitrogens with zero attached hydrogens (tertiary/aromatic N) is 2. The van der Waals surface area contributed by atoms with Gasteiger partial charge in [0.2, 0.25) is 11.7 Å². The molecular weight excluding hydrogens is 316 g/mol. The van der Waals surface area contributed by atoms with Crippen LogP contribution in [0.3, 0.4) is 0 Å². The lowest BCUT2D eigenvalue weighted by Gasteiger charge is -2.03. The van der Waals surface area contributed by atoms with E-state index in [-0.39, 0.29) is 18.0 Å². The molecule has 0 unspecified atom stereocenters. The van der Waals surface area contributed by atoms with Gasteiger partial charge in [0.25, 0.3) is 5.91 Å². The molecule has 1 aromatic heterocycles. The highest BCUT2D eigenvalue weighted by Gasteiger charge is 2.14. The molecule has 1 N–H and O–H groups in total. The lowest BCUT2D eigenvalue weighted by Crippen LogP contribution is -2.24. The number of amides is 1. The van der Waals surface area contributed by atoms with Crippen LogP contribution in [-0.2, 0) is 6.54 Å². The highest BCUT2D eigenvalue weighted by atomic mass is 19.1. The molecular formula is C17H13F2N3O2. The molecule has 0 saturated carbocycles. The second-order valence-electron chi connectivity index (χ2n) is 5.18. The van der Waals surface area contributed by atoms with E-state index in [9.17, 15) is 13.6 Å². The Morgan fingerprint density at radius 1 is 1.17 bits per heavy atom. The minimum absolute atomic E-state index is 0.0610. The van der Waals surface area contributed by atoms with Crippen molar-refractivity contribution in [1.82, 2.24) is 15.5 Å². The predicted octanol–water partition coefficient (Wildman–Crippen LogP) is 3.25. The van der Waals surface area contributed by atoms with Crippen molar-refractivity contribution in [3.05, 3.63) is 71.1 Å². The number of hydrogen-bond donors (Lipinski definition) is 1. The van der Waals surface area contributed by atoms with E-state index in [1.165, 1.54) is 0 Å². The molecule has 24 heavy (non-hydrogen) atoms. The number of nitrogens with one attached hydrogen (secondary N) is 1. The maximum absolute atomic E-state index is 13.5. The Morgan fingerprint density at radius 2 is 1.92 bits per heavy atom. The van der Waals surface area contributed by atoms with E-state index in [1.807, 2.05) is 31.2 Å². The number of carbonyl (C=O) groups is 1. The van der Waals surface area contributed by atoms with Gasteiger partial charge in [-0.05, 0) is 19.1 Å². The first-order chi connectivity index (χ1) is 11.5. The third kappa shape index (κ3) is 3.45. The Morgan fingerprint density at radius 3 is 2.62 bits per heavy atom. The zero-order chi connectivity index (χ0) is 17.1. The van der Waals surface area contributed by atoms with Gasteiger partial charge in [0.1, 0.15) is 11.6 Å². The summed E-state index contributed by atoms with van der Waals surface area (Å²) in [5.74, 6) is -1.79. The highest BCUT2D eigenvalue weighted by molar-refractivity contribution is 5.94. The van der Waals surface area contributed by atoms with Gasteiger partial charge in [-0.1, -0.05) is 35.0 Å². The SMILES string of the molecule is Cc1ccc(-c2noc(CNC(=O)c3ccc(F)cc3F)n2)cc1. The minimum Gasteiger partial charge on any atom is -0.343 e. The van der Waals surface area contributed by atoms with Crippen LogP contribution in [0.2, 0.25) is 0 Å². The molecule has 1 heterocycles. The Balaban J connectivity index is 1.67. The third-order valence-corrected chi connectivity index (χ3v) is 3.35. The van der Waals surface area contributed by atoms with E-state index in [1.54, 1.807) is 0 Å². The normalized spacial score (nSPS) is 10.6. The fraction of sp³-hybridized carbons (Fsp3) is 0.118. The number of hydrogen-bond acceptors (Lipinski definition) is 4. The molecule has 0 fully saturated rings. The van der Waals surface area contributed by atoms with Gasteiger partial charge >= 0.3 is 0 Å². The summed E-state index contributed by atoms with van der Waals surface area (Å²) in [7, 11) is 0. The summed E-state index contributed by atoms with van der Waals surface area (Å²) >= 11 is 0. The molecule has 0 radical (unpaired) electrons. The van der Waals surface area contributed by atoms with Gasteiger partial charge in [0, 0.05) is 11.6 Å². The second kappa shape index (κ2) is 6.57. The number of carbonyl (C=O) groups excluding carboxylic acids is 1. The van der Waals surface area contributed by atoms with Crippen LogP contribution < -0.4 is 5.32 Å². The zero-order valence-electron chi connectivity index (χ0n) is 12.7. The smallest absolute Gasteiger partial charge is 0.254 e. The molecule has 1 amide bonds. The average molecular weight is 329 g/mol. The fourth-order valence-corrected chi connectivity index (χ4v) is 2.07.